The smallest absolute Gasteiger partial charge is 0.319 e. The maximum absolute atomic E-state index is 11.8. The molecule has 2 N–H and O–H groups in total. The Hall–Kier alpha value is -2.34. The molecule has 0 saturated heterocycles. The summed E-state index contributed by atoms with van der Waals surface area (Å²) in [6.07, 6.45) is 0. The lowest BCUT2D eigenvalue weighted by atomic mass is 10.3. The van der Waals surface area contributed by atoms with Crippen LogP contribution in [0.15, 0.2) is 30.3 Å². The maximum atomic E-state index is 11.8. The number of hydrogen-bond acceptors (Lipinski definition) is 3. The van der Waals surface area contributed by atoms with E-state index in [2.05, 4.69) is 15.7 Å². The van der Waals surface area contributed by atoms with Gasteiger partial charge in [0.2, 0.25) is 0 Å². The Balaban J connectivity index is 2.15. The second-order valence-corrected chi connectivity index (χ2v) is 4.67. The summed E-state index contributed by atoms with van der Waals surface area (Å²) in [6.45, 7) is 4.75. The third-order valence-corrected chi connectivity index (χ3v) is 3.12. The molecule has 6 heteroatoms. The molecule has 0 radical (unpaired) electrons. The molecule has 2 rings (SSSR count). The molecule has 6 nitrogen and oxygen atoms in total. The van der Waals surface area contributed by atoms with Crippen molar-refractivity contribution in [2.75, 3.05) is 25.6 Å². The fourth-order valence-electron chi connectivity index (χ4n) is 2.07. The molecule has 0 fully saturated rings. The quantitative estimate of drug-likeness (QED) is 0.829. The zero-order valence-corrected chi connectivity index (χ0v) is 12.5. The monoisotopic (exact) mass is 288 g/mol. The lowest BCUT2D eigenvalue weighted by molar-refractivity contribution is 0.198. The molecule has 2 amide bonds. The van der Waals surface area contributed by atoms with Gasteiger partial charge in [-0.15, -0.1) is 0 Å². The summed E-state index contributed by atoms with van der Waals surface area (Å²) in [5.41, 5.74) is 3.36. The number of nitrogens with one attached hydrogen (secondary N) is 2. The Morgan fingerprint density at radius 3 is 2.67 bits per heavy atom. The molecule has 0 aliphatic rings. The van der Waals surface area contributed by atoms with Crippen LogP contribution < -0.4 is 10.6 Å². The van der Waals surface area contributed by atoms with E-state index >= 15 is 0 Å². The summed E-state index contributed by atoms with van der Waals surface area (Å²) in [5, 5.41) is 10.0. The van der Waals surface area contributed by atoms with Gasteiger partial charge in [-0.05, 0) is 26.0 Å². The highest BCUT2D eigenvalue weighted by Gasteiger charge is 2.14. The molecule has 0 aliphatic carbocycles. The molecule has 1 heterocycles. The predicted octanol–water partition coefficient (Wildman–Crippen LogP) is 2.26. The van der Waals surface area contributed by atoms with Crippen LogP contribution in [0.5, 0.6) is 0 Å². The van der Waals surface area contributed by atoms with Crippen LogP contribution in [0.25, 0.3) is 5.69 Å². The van der Waals surface area contributed by atoms with Crippen LogP contribution in [0.3, 0.4) is 0 Å². The first-order valence-corrected chi connectivity index (χ1v) is 6.79. The van der Waals surface area contributed by atoms with Crippen molar-refractivity contribution in [3.8, 4) is 5.69 Å². The summed E-state index contributed by atoms with van der Waals surface area (Å²) in [6, 6.07) is 9.56. The molecule has 0 atom stereocenters. The summed E-state index contributed by atoms with van der Waals surface area (Å²) >= 11 is 0. The van der Waals surface area contributed by atoms with Crippen molar-refractivity contribution in [2.24, 2.45) is 0 Å². The molecular weight excluding hydrogens is 268 g/mol. The van der Waals surface area contributed by atoms with Crippen LogP contribution in [-0.4, -0.2) is 36.1 Å². The number of hydrogen-bond donors (Lipinski definition) is 2. The number of ether oxygens (including phenoxy) is 1. The van der Waals surface area contributed by atoms with E-state index in [1.165, 1.54) is 0 Å². The van der Waals surface area contributed by atoms with Gasteiger partial charge >= 0.3 is 6.03 Å². The van der Waals surface area contributed by atoms with Gasteiger partial charge in [0.1, 0.15) is 0 Å². The number of aryl methyl sites for hydroxylation is 1. The fraction of sp³-hybridized carbons (Fsp3) is 0.333. The van der Waals surface area contributed by atoms with Crippen molar-refractivity contribution in [3.63, 3.8) is 0 Å². The Morgan fingerprint density at radius 1 is 1.29 bits per heavy atom. The number of nitrogens with zero attached hydrogens (tertiary/aromatic N) is 2. The Labute approximate surface area is 124 Å². The molecule has 0 unspecified atom stereocenters. The number of anilines is 1. The normalized spacial score (nSPS) is 10.4. The third kappa shape index (κ3) is 3.61. The second kappa shape index (κ2) is 6.90. The molecule has 21 heavy (non-hydrogen) atoms. The number of carbonyl (C=O) groups is 1. The number of rotatable bonds is 5. The molecule has 0 aliphatic heterocycles. The minimum absolute atomic E-state index is 0.258. The number of urea groups is 1. The van der Waals surface area contributed by atoms with Crippen LogP contribution in [0.2, 0.25) is 0 Å². The van der Waals surface area contributed by atoms with Crippen LogP contribution >= 0.6 is 0 Å². The summed E-state index contributed by atoms with van der Waals surface area (Å²) in [4.78, 5) is 11.8. The zero-order chi connectivity index (χ0) is 15.2. The minimum Gasteiger partial charge on any atom is -0.383 e. The van der Waals surface area contributed by atoms with Gasteiger partial charge in [-0.1, -0.05) is 18.2 Å². The molecule has 112 valence electrons. The molecule has 0 spiro atoms. The Kier molecular flexibility index (Phi) is 4.94. The number of para-hydroxylation sites is 1. The Bertz CT molecular complexity index is 608. The average Bonchev–Trinajstić information content (AvgIpc) is 2.76. The zero-order valence-electron chi connectivity index (χ0n) is 12.5. The standard InChI is InChI=1S/C15H20N4O2/c1-11-14(17-15(20)16-9-10-21-3)12(2)19(18-11)13-7-5-4-6-8-13/h4-8H,9-10H2,1-3H3,(H2,16,17,20). The van der Waals surface area contributed by atoms with Crippen molar-refractivity contribution < 1.29 is 9.53 Å². The van der Waals surface area contributed by atoms with E-state index < -0.39 is 0 Å². The lowest BCUT2D eigenvalue weighted by Gasteiger charge is -2.08. The van der Waals surface area contributed by atoms with Gasteiger partial charge in [0.25, 0.3) is 0 Å². The topological polar surface area (TPSA) is 68.2 Å². The van der Waals surface area contributed by atoms with Crippen LogP contribution in [0.1, 0.15) is 11.4 Å². The van der Waals surface area contributed by atoms with E-state index in [1.807, 2.05) is 48.9 Å². The van der Waals surface area contributed by atoms with Crippen molar-refractivity contribution in [1.82, 2.24) is 15.1 Å². The van der Waals surface area contributed by atoms with E-state index in [-0.39, 0.29) is 6.03 Å². The van der Waals surface area contributed by atoms with Crippen molar-refractivity contribution >= 4 is 11.7 Å². The SMILES string of the molecule is COCCNC(=O)Nc1c(C)nn(-c2ccccc2)c1C. The first kappa shape index (κ1) is 15.1. The van der Waals surface area contributed by atoms with E-state index in [4.69, 9.17) is 4.74 Å². The van der Waals surface area contributed by atoms with Gasteiger partial charge < -0.3 is 15.4 Å². The predicted molar refractivity (Wildman–Crippen MR) is 81.9 cm³/mol. The summed E-state index contributed by atoms with van der Waals surface area (Å²) in [7, 11) is 1.60. The van der Waals surface area contributed by atoms with Gasteiger partial charge in [-0.2, -0.15) is 5.10 Å². The Morgan fingerprint density at radius 2 is 2.00 bits per heavy atom. The molecule has 1 aromatic carbocycles. The van der Waals surface area contributed by atoms with E-state index in [0.717, 1.165) is 22.8 Å². The summed E-state index contributed by atoms with van der Waals surface area (Å²) < 4.78 is 6.71. The largest absolute Gasteiger partial charge is 0.383 e. The number of methoxy groups -OCH3 is 1. The van der Waals surface area contributed by atoms with Gasteiger partial charge in [0.15, 0.2) is 0 Å². The molecule has 2 aromatic rings. The molecular formula is C15H20N4O2. The van der Waals surface area contributed by atoms with Gasteiger partial charge in [-0.3, -0.25) is 0 Å². The number of amides is 2. The van der Waals surface area contributed by atoms with Crippen LogP contribution in [-0.2, 0) is 4.74 Å². The number of benzene rings is 1. The van der Waals surface area contributed by atoms with E-state index in [1.54, 1.807) is 7.11 Å². The van der Waals surface area contributed by atoms with Gasteiger partial charge in [0.05, 0.1) is 29.4 Å². The highest BCUT2D eigenvalue weighted by atomic mass is 16.5. The van der Waals surface area contributed by atoms with E-state index in [0.29, 0.717) is 13.2 Å². The fourth-order valence-corrected chi connectivity index (χ4v) is 2.07. The average molecular weight is 288 g/mol. The lowest BCUT2D eigenvalue weighted by Crippen LogP contribution is -2.31. The molecule has 0 bridgehead atoms. The summed E-state index contributed by atoms with van der Waals surface area (Å²) in [5.74, 6) is 0. The maximum Gasteiger partial charge on any atom is 0.319 e. The first-order valence-electron chi connectivity index (χ1n) is 6.79. The number of aromatic nitrogens is 2. The minimum atomic E-state index is -0.258. The van der Waals surface area contributed by atoms with E-state index in [9.17, 15) is 4.79 Å². The van der Waals surface area contributed by atoms with Crippen molar-refractivity contribution in [3.05, 3.63) is 41.7 Å². The van der Waals surface area contributed by atoms with Crippen molar-refractivity contribution in [1.29, 1.82) is 0 Å². The van der Waals surface area contributed by atoms with Crippen LogP contribution in [0, 0.1) is 13.8 Å². The second-order valence-electron chi connectivity index (χ2n) is 4.67. The van der Waals surface area contributed by atoms with Gasteiger partial charge in [0, 0.05) is 13.7 Å². The third-order valence-electron chi connectivity index (χ3n) is 3.12. The highest BCUT2D eigenvalue weighted by Crippen LogP contribution is 2.22. The first-order chi connectivity index (χ1) is 10.1. The van der Waals surface area contributed by atoms with Crippen molar-refractivity contribution in [2.45, 2.75) is 13.8 Å². The van der Waals surface area contributed by atoms with Gasteiger partial charge in [-0.25, -0.2) is 9.48 Å². The molecule has 1 aromatic heterocycles. The molecule has 0 saturated carbocycles. The highest BCUT2D eigenvalue weighted by molar-refractivity contribution is 5.90. The number of carbonyl (C=O) groups excluding carboxylic acids is 1. The van der Waals surface area contributed by atoms with Crippen LogP contribution in [0.4, 0.5) is 10.5 Å².